The van der Waals surface area contributed by atoms with Crippen molar-refractivity contribution in [2.24, 2.45) is 7.05 Å². The Bertz CT molecular complexity index is 311. The molecule has 84 valence electrons. The van der Waals surface area contributed by atoms with Crippen molar-refractivity contribution in [2.75, 3.05) is 13.6 Å². The molecule has 0 saturated heterocycles. The van der Waals surface area contributed by atoms with Crippen LogP contribution >= 0.6 is 0 Å². The molecule has 0 spiro atoms. The quantitative estimate of drug-likeness (QED) is 0.816. The molecule has 1 aromatic heterocycles. The summed E-state index contributed by atoms with van der Waals surface area (Å²) in [7, 11) is 4.05. The highest BCUT2D eigenvalue weighted by Crippen LogP contribution is 2.33. The molecular weight excluding hydrogens is 186 g/mol. The molecule has 0 aliphatic heterocycles. The fraction of sp³-hybridized carbons (Fsp3) is 0.750. The van der Waals surface area contributed by atoms with E-state index in [2.05, 4.69) is 23.5 Å². The highest BCUT2D eigenvalue weighted by atomic mass is 15.3. The summed E-state index contributed by atoms with van der Waals surface area (Å²) in [5, 5.41) is 7.82. The summed E-state index contributed by atoms with van der Waals surface area (Å²) in [6.45, 7) is 1.03. The lowest BCUT2D eigenvalue weighted by atomic mass is 10.0. The molecule has 3 nitrogen and oxygen atoms in total. The van der Waals surface area contributed by atoms with E-state index in [1.807, 2.05) is 11.7 Å². The Morgan fingerprint density at radius 3 is 2.87 bits per heavy atom. The van der Waals surface area contributed by atoms with E-state index >= 15 is 0 Å². The number of hydrogen-bond donors (Lipinski definition) is 1. The van der Waals surface area contributed by atoms with Crippen LogP contribution in [0.15, 0.2) is 6.07 Å². The molecule has 0 aromatic carbocycles. The molecule has 1 fully saturated rings. The molecule has 1 heterocycles. The minimum absolute atomic E-state index is 0.736. The Hall–Kier alpha value is -0.830. The standard InChI is InChI=1S/C12H21N3/c1-13-8-7-11-9-12(14-15(11)2)10-5-3-4-6-10/h9-10,13H,3-8H2,1-2H3. The molecule has 1 aliphatic rings. The first-order chi connectivity index (χ1) is 7.31. The summed E-state index contributed by atoms with van der Waals surface area (Å²) in [6.07, 6.45) is 6.51. The number of nitrogens with one attached hydrogen (secondary N) is 1. The van der Waals surface area contributed by atoms with Gasteiger partial charge in [0.1, 0.15) is 0 Å². The molecule has 0 amide bonds. The zero-order chi connectivity index (χ0) is 10.7. The van der Waals surface area contributed by atoms with Crippen molar-refractivity contribution < 1.29 is 0 Å². The summed E-state index contributed by atoms with van der Waals surface area (Å²) in [6, 6.07) is 2.30. The highest BCUT2D eigenvalue weighted by molar-refractivity contribution is 5.15. The number of likely N-dealkylation sites (N-methyl/N-ethyl adjacent to an activating group) is 1. The van der Waals surface area contributed by atoms with Gasteiger partial charge in [0.25, 0.3) is 0 Å². The summed E-state index contributed by atoms with van der Waals surface area (Å²) in [5.41, 5.74) is 2.67. The third-order valence-electron chi connectivity index (χ3n) is 3.40. The van der Waals surface area contributed by atoms with Gasteiger partial charge >= 0.3 is 0 Å². The summed E-state index contributed by atoms with van der Waals surface area (Å²) < 4.78 is 2.05. The van der Waals surface area contributed by atoms with E-state index in [0.29, 0.717) is 0 Å². The van der Waals surface area contributed by atoms with Crippen molar-refractivity contribution in [3.8, 4) is 0 Å². The molecule has 1 saturated carbocycles. The second kappa shape index (κ2) is 4.79. The van der Waals surface area contributed by atoms with Crippen molar-refractivity contribution in [1.29, 1.82) is 0 Å². The van der Waals surface area contributed by atoms with Crippen LogP contribution in [0.3, 0.4) is 0 Å². The van der Waals surface area contributed by atoms with Gasteiger partial charge in [-0.25, -0.2) is 0 Å². The monoisotopic (exact) mass is 207 g/mol. The van der Waals surface area contributed by atoms with E-state index in [9.17, 15) is 0 Å². The van der Waals surface area contributed by atoms with Crippen molar-refractivity contribution in [3.05, 3.63) is 17.5 Å². The predicted octanol–water partition coefficient (Wildman–Crippen LogP) is 1.84. The van der Waals surface area contributed by atoms with Crippen LogP contribution in [-0.4, -0.2) is 23.4 Å². The first-order valence-electron chi connectivity index (χ1n) is 5.98. The smallest absolute Gasteiger partial charge is 0.0658 e. The predicted molar refractivity (Wildman–Crippen MR) is 62.0 cm³/mol. The molecule has 0 bridgehead atoms. The van der Waals surface area contributed by atoms with E-state index in [1.165, 1.54) is 37.1 Å². The van der Waals surface area contributed by atoms with Crippen molar-refractivity contribution in [3.63, 3.8) is 0 Å². The fourth-order valence-corrected chi connectivity index (χ4v) is 2.44. The van der Waals surface area contributed by atoms with E-state index in [-0.39, 0.29) is 0 Å². The van der Waals surface area contributed by atoms with Crippen LogP contribution in [0.1, 0.15) is 43.0 Å². The second-order valence-electron chi connectivity index (χ2n) is 4.52. The lowest BCUT2D eigenvalue weighted by Gasteiger charge is -2.02. The Morgan fingerprint density at radius 1 is 1.47 bits per heavy atom. The van der Waals surface area contributed by atoms with Crippen LogP contribution < -0.4 is 5.32 Å². The average Bonchev–Trinajstić information content (AvgIpc) is 2.83. The van der Waals surface area contributed by atoms with Gasteiger partial charge in [-0.05, 0) is 26.0 Å². The molecule has 3 heteroatoms. The van der Waals surface area contributed by atoms with Crippen LogP contribution in [0.2, 0.25) is 0 Å². The van der Waals surface area contributed by atoms with Crippen LogP contribution in [-0.2, 0) is 13.5 Å². The number of aryl methyl sites for hydroxylation is 1. The third-order valence-corrected chi connectivity index (χ3v) is 3.40. The SMILES string of the molecule is CNCCc1cc(C2CCCC2)nn1C. The van der Waals surface area contributed by atoms with Gasteiger partial charge in [-0.15, -0.1) is 0 Å². The largest absolute Gasteiger partial charge is 0.319 e. The average molecular weight is 207 g/mol. The van der Waals surface area contributed by atoms with Gasteiger partial charge in [0.2, 0.25) is 0 Å². The van der Waals surface area contributed by atoms with Crippen LogP contribution in [0.25, 0.3) is 0 Å². The molecule has 0 atom stereocenters. The Morgan fingerprint density at radius 2 is 2.20 bits per heavy atom. The van der Waals surface area contributed by atoms with Gasteiger partial charge in [0.15, 0.2) is 0 Å². The van der Waals surface area contributed by atoms with Crippen LogP contribution in [0.4, 0.5) is 0 Å². The zero-order valence-corrected chi connectivity index (χ0v) is 9.79. The molecule has 1 aliphatic carbocycles. The molecule has 0 radical (unpaired) electrons. The molecule has 1 aromatic rings. The summed E-state index contributed by atoms with van der Waals surface area (Å²) >= 11 is 0. The van der Waals surface area contributed by atoms with Crippen molar-refractivity contribution in [2.45, 2.75) is 38.0 Å². The van der Waals surface area contributed by atoms with Crippen LogP contribution in [0.5, 0.6) is 0 Å². The van der Waals surface area contributed by atoms with E-state index in [0.717, 1.165) is 18.9 Å². The topological polar surface area (TPSA) is 29.9 Å². The first-order valence-corrected chi connectivity index (χ1v) is 5.98. The molecule has 15 heavy (non-hydrogen) atoms. The van der Waals surface area contributed by atoms with E-state index < -0.39 is 0 Å². The Balaban J connectivity index is 2.06. The summed E-state index contributed by atoms with van der Waals surface area (Å²) in [4.78, 5) is 0. The van der Waals surface area contributed by atoms with Gasteiger partial charge in [-0.2, -0.15) is 5.10 Å². The molecular formula is C12H21N3. The minimum Gasteiger partial charge on any atom is -0.319 e. The lowest BCUT2D eigenvalue weighted by molar-refractivity contribution is 0.639. The normalized spacial score (nSPS) is 17.5. The maximum atomic E-state index is 4.63. The Kier molecular flexibility index (Phi) is 3.41. The number of aromatic nitrogens is 2. The fourth-order valence-electron chi connectivity index (χ4n) is 2.44. The maximum absolute atomic E-state index is 4.63. The number of nitrogens with zero attached hydrogens (tertiary/aromatic N) is 2. The maximum Gasteiger partial charge on any atom is 0.0658 e. The molecule has 0 unspecified atom stereocenters. The highest BCUT2D eigenvalue weighted by Gasteiger charge is 2.20. The lowest BCUT2D eigenvalue weighted by Crippen LogP contribution is -2.12. The zero-order valence-electron chi connectivity index (χ0n) is 9.79. The van der Waals surface area contributed by atoms with Gasteiger partial charge < -0.3 is 5.32 Å². The van der Waals surface area contributed by atoms with Gasteiger partial charge in [-0.1, -0.05) is 12.8 Å². The minimum atomic E-state index is 0.736. The first kappa shape index (κ1) is 10.7. The van der Waals surface area contributed by atoms with E-state index in [1.54, 1.807) is 0 Å². The van der Waals surface area contributed by atoms with Gasteiger partial charge in [0, 0.05) is 31.6 Å². The van der Waals surface area contributed by atoms with Crippen molar-refractivity contribution >= 4 is 0 Å². The van der Waals surface area contributed by atoms with Gasteiger partial charge in [0.05, 0.1) is 5.69 Å². The van der Waals surface area contributed by atoms with Gasteiger partial charge in [-0.3, -0.25) is 4.68 Å². The molecule has 1 N–H and O–H groups in total. The molecule has 2 rings (SSSR count). The van der Waals surface area contributed by atoms with E-state index in [4.69, 9.17) is 0 Å². The number of hydrogen-bond acceptors (Lipinski definition) is 2. The number of rotatable bonds is 4. The third kappa shape index (κ3) is 2.40. The Labute approximate surface area is 91.9 Å². The second-order valence-corrected chi connectivity index (χ2v) is 4.52. The summed E-state index contributed by atoms with van der Waals surface area (Å²) in [5.74, 6) is 0.736. The van der Waals surface area contributed by atoms with Crippen molar-refractivity contribution in [1.82, 2.24) is 15.1 Å². The van der Waals surface area contributed by atoms with Crippen LogP contribution in [0, 0.1) is 0 Å².